The van der Waals surface area contributed by atoms with Crippen molar-refractivity contribution in [3.8, 4) is 11.5 Å². The molecule has 1 aromatic heterocycles. The molecule has 1 fully saturated rings. The van der Waals surface area contributed by atoms with E-state index in [-0.39, 0.29) is 11.1 Å². The number of nitrogens with one attached hydrogen (secondary N) is 2. The highest BCUT2D eigenvalue weighted by Crippen LogP contribution is 2.37. The fourth-order valence-corrected chi connectivity index (χ4v) is 4.82. The summed E-state index contributed by atoms with van der Waals surface area (Å²) in [7, 11) is 5.48. The van der Waals surface area contributed by atoms with Gasteiger partial charge in [-0.05, 0) is 57.0 Å². The van der Waals surface area contributed by atoms with Crippen LogP contribution in [0.5, 0.6) is 11.5 Å². The van der Waals surface area contributed by atoms with Crippen molar-refractivity contribution in [2.45, 2.75) is 37.8 Å². The molecule has 1 saturated carbocycles. The third kappa shape index (κ3) is 7.90. The minimum atomic E-state index is -0.480. The second-order valence-corrected chi connectivity index (χ2v) is 10.3. The molecule has 9 nitrogen and oxygen atoms in total. The second kappa shape index (κ2) is 13.7. The quantitative estimate of drug-likeness (QED) is 0.297. The zero-order valence-corrected chi connectivity index (χ0v) is 23.4. The number of hydrogen-bond donors (Lipinski definition) is 2. The SMILES string of the molecule is COc1cc2ncnc(Nc3ccc(F)c(Cl)c3)c2cc1OC1CCC(NCCN(C)CCN(C)C=O)CC1. The molecule has 0 bridgehead atoms. The molecule has 2 N–H and O–H groups in total. The van der Waals surface area contributed by atoms with Gasteiger partial charge < -0.3 is 29.9 Å². The maximum Gasteiger partial charge on any atom is 0.209 e. The summed E-state index contributed by atoms with van der Waals surface area (Å²) in [5, 5.41) is 7.65. The number of carbonyl (C=O) groups is 1. The molecule has 0 unspecified atom stereocenters. The lowest BCUT2D eigenvalue weighted by Gasteiger charge is -2.30. The normalized spacial score (nSPS) is 17.3. The van der Waals surface area contributed by atoms with Gasteiger partial charge in [0.1, 0.15) is 18.0 Å². The molecule has 1 aliphatic carbocycles. The average molecular weight is 559 g/mol. The zero-order valence-electron chi connectivity index (χ0n) is 22.6. The Balaban J connectivity index is 1.35. The van der Waals surface area contributed by atoms with Gasteiger partial charge in [-0.25, -0.2) is 14.4 Å². The highest BCUT2D eigenvalue weighted by Gasteiger charge is 2.24. The van der Waals surface area contributed by atoms with Crippen LogP contribution < -0.4 is 20.1 Å². The number of likely N-dealkylation sites (N-methyl/N-ethyl adjacent to an activating group) is 2. The van der Waals surface area contributed by atoms with Crippen molar-refractivity contribution < 1.29 is 18.7 Å². The number of methoxy groups -OCH3 is 1. The molecule has 4 rings (SSSR count). The molecule has 3 aromatic rings. The van der Waals surface area contributed by atoms with E-state index < -0.39 is 5.82 Å². The van der Waals surface area contributed by atoms with Crippen molar-refractivity contribution in [1.82, 2.24) is 25.1 Å². The lowest BCUT2D eigenvalue weighted by Crippen LogP contribution is -2.40. The maximum absolute atomic E-state index is 13.6. The highest BCUT2D eigenvalue weighted by atomic mass is 35.5. The smallest absolute Gasteiger partial charge is 0.209 e. The second-order valence-electron chi connectivity index (χ2n) is 9.93. The Morgan fingerprint density at radius 2 is 1.87 bits per heavy atom. The largest absolute Gasteiger partial charge is 0.493 e. The molecule has 0 radical (unpaired) electrons. The molecular weight excluding hydrogens is 523 g/mol. The third-order valence-electron chi connectivity index (χ3n) is 7.01. The van der Waals surface area contributed by atoms with Gasteiger partial charge in [-0.15, -0.1) is 0 Å². The van der Waals surface area contributed by atoms with Crippen LogP contribution in [-0.2, 0) is 4.79 Å². The fraction of sp³-hybridized carbons (Fsp3) is 0.464. The molecule has 1 aliphatic rings. The molecule has 2 aromatic carbocycles. The number of nitrogens with zero attached hydrogens (tertiary/aromatic N) is 4. The number of fused-ring (bicyclic) bond motifs is 1. The first-order valence-corrected chi connectivity index (χ1v) is 13.5. The standard InChI is InChI=1S/C28H36ClFN6O3/c1-35(12-13-36(2)18-37)11-10-31-19-4-7-21(8-5-19)39-27-15-22-25(16-26(27)38-3)32-17-33-28(22)34-20-6-9-24(30)23(29)14-20/h6,9,14-19,21,31H,4-5,7-8,10-13H2,1-3H3,(H,32,33,34). The molecule has 11 heteroatoms. The van der Waals surface area contributed by atoms with Gasteiger partial charge in [0.15, 0.2) is 11.5 Å². The van der Waals surface area contributed by atoms with Gasteiger partial charge in [0.05, 0.1) is 23.8 Å². The van der Waals surface area contributed by atoms with Crippen molar-refractivity contribution in [3.05, 3.63) is 47.5 Å². The number of rotatable bonds is 13. The van der Waals surface area contributed by atoms with Crippen molar-refractivity contribution in [2.24, 2.45) is 0 Å². The van der Waals surface area contributed by atoms with Crippen LogP contribution in [0.4, 0.5) is 15.9 Å². The Labute approximate surface area is 233 Å². The molecule has 1 amide bonds. The minimum Gasteiger partial charge on any atom is -0.493 e. The number of aromatic nitrogens is 2. The Bertz CT molecular complexity index is 1260. The van der Waals surface area contributed by atoms with E-state index in [2.05, 4.69) is 32.5 Å². The Hall–Kier alpha value is -3.21. The molecule has 1 heterocycles. The summed E-state index contributed by atoms with van der Waals surface area (Å²) in [5.41, 5.74) is 1.31. The number of amides is 1. The molecule has 0 atom stereocenters. The van der Waals surface area contributed by atoms with Crippen molar-refractivity contribution in [3.63, 3.8) is 0 Å². The van der Waals surface area contributed by atoms with Crippen LogP contribution in [0.25, 0.3) is 10.9 Å². The molecular formula is C28H36ClFN6O3. The summed E-state index contributed by atoms with van der Waals surface area (Å²) in [6.45, 7) is 3.42. The van der Waals surface area contributed by atoms with E-state index in [0.29, 0.717) is 34.6 Å². The van der Waals surface area contributed by atoms with Crippen molar-refractivity contribution in [2.75, 3.05) is 52.7 Å². The van der Waals surface area contributed by atoms with Gasteiger partial charge >= 0.3 is 0 Å². The van der Waals surface area contributed by atoms with Gasteiger partial charge in [0, 0.05) is 56.4 Å². The Kier molecular flexibility index (Phi) is 10.1. The number of hydrogen-bond acceptors (Lipinski definition) is 8. The third-order valence-corrected chi connectivity index (χ3v) is 7.30. The van der Waals surface area contributed by atoms with E-state index in [1.165, 1.54) is 18.5 Å². The number of benzene rings is 2. The van der Waals surface area contributed by atoms with Gasteiger partial charge in [-0.2, -0.15) is 0 Å². The van der Waals surface area contributed by atoms with Crippen molar-refractivity contribution >= 4 is 40.4 Å². The van der Waals surface area contributed by atoms with Crippen LogP contribution >= 0.6 is 11.6 Å². The first kappa shape index (κ1) is 28.8. The van der Waals surface area contributed by atoms with E-state index >= 15 is 0 Å². The Morgan fingerprint density at radius 3 is 2.59 bits per heavy atom. The van der Waals surface area contributed by atoms with Gasteiger partial charge in [-0.1, -0.05) is 11.6 Å². The van der Waals surface area contributed by atoms with Crippen LogP contribution in [0.2, 0.25) is 5.02 Å². The van der Waals surface area contributed by atoms with E-state index in [4.69, 9.17) is 21.1 Å². The maximum atomic E-state index is 13.6. The van der Waals surface area contributed by atoms with E-state index in [9.17, 15) is 9.18 Å². The summed E-state index contributed by atoms with van der Waals surface area (Å²) in [5.74, 6) is 1.33. The number of ether oxygens (including phenoxy) is 2. The average Bonchev–Trinajstić information content (AvgIpc) is 2.94. The summed E-state index contributed by atoms with van der Waals surface area (Å²) >= 11 is 5.95. The van der Waals surface area contributed by atoms with Gasteiger partial charge in [-0.3, -0.25) is 4.79 Å². The number of carbonyl (C=O) groups excluding carboxylic acids is 1. The predicted octanol–water partition coefficient (Wildman–Crippen LogP) is 4.47. The first-order chi connectivity index (χ1) is 18.9. The Morgan fingerprint density at radius 1 is 1.08 bits per heavy atom. The van der Waals surface area contributed by atoms with Crippen LogP contribution in [0.15, 0.2) is 36.7 Å². The fourth-order valence-electron chi connectivity index (χ4n) is 4.64. The summed E-state index contributed by atoms with van der Waals surface area (Å²) < 4.78 is 25.6. The molecule has 0 spiro atoms. The van der Waals surface area contributed by atoms with E-state index in [1.807, 2.05) is 12.1 Å². The lowest BCUT2D eigenvalue weighted by atomic mass is 9.93. The van der Waals surface area contributed by atoms with E-state index in [1.54, 1.807) is 25.1 Å². The van der Waals surface area contributed by atoms with Gasteiger partial charge in [0.2, 0.25) is 6.41 Å². The topological polar surface area (TPSA) is 91.8 Å². The molecule has 0 saturated heterocycles. The minimum absolute atomic E-state index is 0.0311. The predicted molar refractivity (Wildman–Crippen MR) is 152 cm³/mol. The number of halogens is 2. The lowest BCUT2D eigenvalue weighted by molar-refractivity contribution is -0.117. The summed E-state index contributed by atoms with van der Waals surface area (Å²) in [6.07, 6.45) is 6.32. The van der Waals surface area contributed by atoms with Gasteiger partial charge in [0.25, 0.3) is 0 Å². The van der Waals surface area contributed by atoms with Crippen LogP contribution in [0.1, 0.15) is 25.7 Å². The highest BCUT2D eigenvalue weighted by molar-refractivity contribution is 6.31. The van der Waals surface area contributed by atoms with Crippen LogP contribution in [-0.4, -0.2) is 85.7 Å². The number of anilines is 2. The van der Waals surface area contributed by atoms with Crippen molar-refractivity contribution in [1.29, 1.82) is 0 Å². The molecule has 0 aliphatic heterocycles. The first-order valence-electron chi connectivity index (χ1n) is 13.1. The zero-order chi connectivity index (χ0) is 27.8. The molecule has 39 heavy (non-hydrogen) atoms. The van der Waals surface area contributed by atoms with Crippen LogP contribution in [0.3, 0.4) is 0 Å². The molecule has 210 valence electrons. The summed E-state index contributed by atoms with van der Waals surface area (Å²) in [4.78, 5) is 23.4. The van der Waals surface area contributed by atoms with E-state index in [0.717, 1.165) is 63.7 Å². The summed E-state index contributed by atoms with van der Waals surface area (Å²) in [6, 6.07) is 8.62. The monoisotopic (exact) mass is 558 g/mol. The van der Waals surface area contributed by atoms with Crippen LogP contribution in [0, 0.1) is 5.82 Å².